The van der Waals surface area contributed by atoms with Crippen molar-refractivity contribution in [3.63, 3.8) is 0 Å². The van der Waals surface area contributed by atoms with Crippen LogP contribution in [-0.2, 0) is 11.2 Å². The minimum atomic E-state index is 0.00111. The molecule has 2 rings (SSSR count). The van der Waals surface area contributed by atoms with Gasteiger partial charge in [0.25, 0.3) is 0 Å². The minimum absolute atomic E-state index is 0.00111. The Labute approximate surface area is 105 Å². The Balaban J connectivity index is 2.04. The smallest absolute Gasteiger partial charge is 0.149 e. The van der Waals surface area contributed by atoms with Crippen molar-refractivity contribution in [2.45, 2.75) is 37.9 Å². The first kappa shape index (κ1) is 11.8. The van der Waals surface area contributed by atoms with Gasteiger partial charge < -0.3 is 0 Å². The summed E-state index contributed by atoms with van der Waals surface area (Å²) in [5.41, 5.74) is 3.80. The highest BCUT2D eigenvalue weighted by atomic mass is 79.9. The topological polar surface area (TPSA) is 17.1 Å². The molecule has 1 aromatic rings. The second-order valence-corrected chi connectivity index (χ2v) is 5.95. The molecule has 0 spiro atoms. The van der Waals surface area contributed by atoms with Crippen LogP contribution in [0.1, 0.15) is 29.5 Å². The van der Waals surface area contributed by atoms with E-state index in [0.717, 1.165) is 19.3 Å². The Morgan fingerprint density at radius 3 is 2.38 bits per heavy atom. The summed E-state index contributed by atoms with van der Waals surface area (Å²) in [5.74, 6) is 0.731. The van der Waals surface area contributed by atoms with Gasteiger partial charge in [0.15, 0.2) is 0 Å². The number of hydrogen-bond donors (Lipinski definition) is 0. The number of rotatable bonds is 4. The molecule has 1 aliphatic carbocycles. The van der Waals surface area contributed by atoms with E-state index >= 15 is 0 Å². The second kappa shape index (κ2) is 4.70. The number of Topliss-reactive ketones (excluding diaryl/α,β-unsaturated/α-hetero) is 1. The molecule has 16 heavy (non-hydrogen) atoms. The molecule has 1 unspecified atom stereocenters. The van der Waals surface area contributed by atoms with E-state index in [9.17, 15) is 4.79 Å². The third-order valence-electron chi connectivity index (χ3n) is 2.98. The maximum absolute atomic E-state index is 11.8. The molecule has 0 heterocycles. The van der Waals surface area contributed by atoms with Gasteiger partial charge in [-0.05, 0) is 38.7 Å². The van der Waals surface area contributed by atoms with Gasteiger partial charge in [-0.3, -0.25) is 4.79 Å². The van der Waals surface area contributed by atoms with Crippen LogP contribution in [0.15, 0.2) is 18.2 Å². The quantitative estimate of drug-likeness (QED) is 0.771. The molecule has 1 aliphatic rings. The SMILES string of the molecule is Cc1cc(C)cc(CC(Br)C(=O)C2CC2)c1. The zero-order chi connectivity index (χ0) is 11.7. The lowest BCUT2D eigenvalue weighted by molar-refractivity contribution is -0.119. The van der Waals surface area contributed by atoms with Crippen molar-refractivity contribution in [1.29, 1.82) is 0 Å². The van der Waals surface area contributed by atoms with E-state index in [1.807, 2.05) is 0 Å². The van der Waals surface area contributed by atoms with Crippen LogP contribution in [0.2, 0.25) is 0 Å². The van der Waals surface area contributed by atoms with Crippen molar-refractivity contribution in [2.24, 2.45) is 5.92 Å². The Morgan fingerprint density at radius 2 is 1.88 bits per heavy atom. The molecule has 86 valence electrons. The summed E-state index contributed by atoms with van der Waals surface area (Å²) in [4.78, 5) is 11.8. The number of aryl methyl sites for hydroxylation is 2. The van der Waals surface area contributed by atoms with E-state index in [4.69, 9.17) is 0 Å². The molecule has 0 amide bonds. The van der Waals surface area contributed by atoms with E-state index in [1.165, 1.54) is 16.7 Å². The average Bonchev–Trinajstić information content (AvgIpc) is 2.97. The fourth-order valence-electron chi connectivity index (χ4n) is 2.12. The molecule has 1 saturated carbocycles. The number of halogens is 1. The lowest BCUT2D eigenvalue weighted by Gasteiger charge is -2.09. The summed E-state index contributed by atoms with van der Waals surface area (Å²) < 4.78 is 0. The van der Waals surface area contributed by atoms with Gasteiger partial charge >= 0.3 is 0 Å². The molecule has 2 heteroatoms. The van der Waals surface area contributed by atoms with Crippen molar-refractivity contribution in [1.82, 2.24) is 0 Å². The number of hydrogen-bond acceptors (Lipinski definition) is 1. The van der Waals surface area contributed by atoms with Gasteiger partial charge in [0, 0.05) is 5.92 Å². The van der Waals surface area contributed by atoms with Crippen LogP contribution in [0.3, 0.4) is 0 Å². The average molecular weight is 281 g/mol. The molecule has 1 nitrogen and oxygen atoms in total. The normalized spacial score (nSPS) is 17.2. The maximum Gasteiger partial charge on any atom is 0.149 e. The Morgan fingerprint density at radius 1 is 1.31 bits per heavy atom. The van der Waals surface area contributed by atoms with Gasteiger partial charge in [0.2, 0.25) is 0 Å². The van der Waals surface area contributed by atoms with Crippen molar-refractivity contribution in [3.8, 4) is 0 Å². The van der Waals surface area contributed by atoms with Crippen molar-refractivity contribution < 1.29 is 4.79 Å². The largest absolute Gasteiger partial charge is 0.298 e. The van der Waals surface area contributed by atoms with Gasteiger partial charge in [-0.25, -0.2) is 0 Å². The van der Waals surface area contributed by atoms with Crippen LogP contribution in [0.5, 0.6) is 0 Å². The lowest BCUT2D eigenvalue weighted by Crippen LogP contribution is -2.18. The molecule has 0 radical (unpaired) electrons. The van der Waals surface area contributed by atoms with Gasteiger partial charge in [0.1, 0.15) is 5.78 Å². The summed E-state index contributed by atoms with van der Waals surface area (Å²) in [5, 5.41) is 0. The summed E-state index contributed by atoms with van der Waals surface area (Å²) in [6, 6.07) is 6.50. The lowest BCUT2D eigenvalue weighted by atomic mass is 10.0. The molecule has 0 aromatic heterocycles. The predicted molar refractivity (Wildman–Crippen MR) is 70.1 cm³/mol. The summed E-state index contributed by atoms with van der Waals surface area (Å²) in [6.07, 6.45) is 3.00. The highest BCUT2D eigenvalue weighted by Crippen LogP contribution is 2.33. The highest BCUT2D eigenvalue weighted by molar-refractivity contribution is 9.10. The first-order chi connectivity index (χ1) is 7.56. The van der Waals surface area contributed by atoms with Gasteiger partial charge in [0.05, 0.1) is 4.83 Å². The number of carbonyl (C=O) groups excluding carboxylic acids is 1. The third-order valence-corrected chi connectivity index (χ3v) is 3.76. The zero-order valence-corrected chi connectivity index (χ0v) is 11.4. The molecule has 0 bridgehead atoms. The molecule has 1 atom stereocenters. The van der Waals surface area contributed by atoms with Crippen molar-refractivity contribution in [2.75, 3.05) is 0 Å². The molecular formula is C14H17BrO. The van der Waals surface area contributed by atoms with E-state index < -0.39 is 0 Å². The molecule has 0 N–H and O–H groups in total. The standard InChI is InChI=1S/C14H17BrO/c1-9-5-10(2)7-11(6-9)8-13(15)14(16)12-3-4-12/h5-7,12-13H,3-4,8H2,1-2H3. The van der Waals surface area contributed by atoms with Crippen LogP contribution >= 0.6 is 15.9 Å². The van der Waals surface area contributed by atoms with E-state index in [1.54, 1.807) is 0 Å². The molecule has 0 aliphatic heterocycles. The molecule has 1 fully saturated rings. The summed E-state index contributed by atoms with van der Waals surface area (Å²) >= 11 is 3.52. The predicted octanol–water partition coefficient (Wildman–Crippen LogP) is 3.59. The van der Waals surface area contributed by atoms with Crippen molar-refractivity contribution in [3.05, 3.63) is 34.9 Å². The number of carbonyl (C=O) groups is 1. The van der Waals surface area contributed by atoms with Gasteiger partial charge in [-0.2, -0.15) is 0 Å². The summed E-state index contributed by atoms with van der Waals surface area (Å²) in [6.45, 7) is 4.20. The van der Waals surface area contributed by atoms with Crippen LogP contribution < -0.4 is 0 Å². The monoisotopic (exact) mass is 280 g/mol. The highest BCUT2D eigenvalue weighted by Gasteiger charge is 2.33. The minimum Gasteiger partial charge on any atom is -0.298 e. The van der Waals surface area contributed by atoms with Crippen LogP contribution in [0.25, 0.3) is 0 Å². The van der Waals surface area contributed by atoms with E-state index in [2.05, 4.69) is 48.0 Å². The number of alkyl halides is 1. The van der Waals surface area contributed by atoms with Crippen molar-refractivity contribution >= 4 is 21.7 Å². The van der Waals surface area contributed by atoms with Crippen LogP contribution in [-0.4, -0.2) is 10.6 Å². The maximum atomic E-state index is 11.8. The molecule has 1 aromatic carbocycles. The van der Waals surface area contributed by atoms with Crippen LogP contribution in [0.4, 0.5) is 0 Å². The van der Waals surface area contributed by atoms with E-state index in [0.29, 0.717) is 11.7 Å². The zero-order valence-electron chi connectivity index (χ0n) is 9.79. The van der Waals surface area contributed by atoms with Crippen LogP contribution in [0, 0.1) is 19.8 Å². The fraction of sp³-hybridized carbons (Fsp3) is 0.500. The van der Waals surface area contributed by atoms with Gasteiger partial charge in [-0.1, -0.05) is 45.3 Å². The van der Waals surface area contributed by atoms with E-state index in [-0.39, 0.29) is 4.83 Å². The Kier molecular flexibility index (Phi) is 3.48. The fourth-order valence-corrected chi connectivity index (χ4v) is 2.87. The third kappa shape index (κ3) is 2.94. The van der Waals surface area contributed by atoms with Gasteiger partial charge in [-0.15, -0.1) is 0 Å². The number of benzene rings is 1. The first-order valence-electron chi connectivity index (χ1n) is 5.81. The Hall–Kier alpha value is -0.630. The summed E-state index contributed by atoms with van der Waals surface area (Å²) in [7, 11) is 0. The Bertz CT molecular complexity index is 387. The first-order valence-corrected chi connectivity index (χ1v) is 6.73. The molecule has 0 saturated heterocycles. The second-order valence-electron chi connectivity index (χ2n) is 4.84. The molecular weight excluding hydrogens is 264 g/mol. The number of ketones is 1.